The first kappa shape index (κ1) is 34.8. The summed E-state index contributed by atoms with van der Waals surface area (Å²) in [6.07, 6.45) is 21.8. The van der Waals surface area contributed by atoms with Crippen LogP contribution in [0, 0.1) is 88.3 Å². The molecule has 0 amide bonds. The molecule has 9 unspecified atom stereocenters. The molecule has 8 heteroatoms. The van der Waals surface area contributed by atoms with Crippen LogP contribution in [0.1, 0.15) is 116 Å². The number of hydrogen-bond donors (Lipinski definition) is 0. The second-order valence-electron chi connectivity index (χ2n) is 20.6. The minimum atomic E-state index is -0.579. The minimum Gasteiger partial charge on any atom is -0.456 e. The maximum Gasteiger partial charge on any atom is 0.344 e. The molecule has 53 heavy (non-hydrogen) atoms. The number of hydrogen-bond acceptors (Lipinski definition) is 8. The van der Waals surface area contributed by atoms with E-state index in [0.29, 0.717) is 76.1 Å². The van der Waals surface area contributed by atoms with Gasteiger partial charge in [0.2, 0.25) is 0 Å². The zero-order chi connectivity index (χ0) is 36.4. The highest BCUT2D eigenvalue weighted by molar-refractivity contribution is 5.88. The molecule has 0 aliphatic heterocycles. The fourth-order valence-electron chi connectivity index (χ4n) is 17.4. The largest absolute Gasteiger partial charge is 0.456 e. The molecule has 0 spiro atoms. The number of ether oxygens (including phenoxy) is 4. The molecule has 12 aliphatic rings. The van der Waals surface area contributed by atoms with Crippen molar-refractivity contribution in [1.29, 1.82) is 0 Å². The van der Waals surface area contributed by atoms with Crippen LogP contribution in [0.15, 0.2) is 24.8 Å². The van der Waals surface area contributed by atoms with Crippen molar-refractivity contribution < 1.29 is 38.1 Å². The van der Waals surface area contributed by atoms with Gasteiger partial charge in [0.15, 0.2) is 13.2 Å². The van der Waals surface area contributed by atoms with Crippen LogP contribution in [-0.2, 0) is 38.1 Å². The lowest BCUT2D eigenvalue weighted by atomic mass is 9.38. The summed E-state index contributed by atoms with van der Waals surface area (Å²) in [5.74, 6) is 6.08. The van der Waals surface area contributed by atoms with Gasteiger partial charge >= 0.3 is 23.9 Å². The standard InChI is InChI=1S/C45H60O8/c1-4-39(46)50-22-40(47)52-44(32-9-26-7-27(11-32)12-33(44)10-26)38-18-30-16-31(38)17-36(30)43-19-28-13-34(20-43)45(35(14-28)21-43,37-15-25-5-6-29(37)8-25)53-41(48)23-51-42(49)24(2)3/h4,25-38H,1-2,5-23H2,3H3. The second-order valence-corrected chi connectivity index (χ2v) is 20.6. The quantitative estimate of drug-likeness (QED) is 0.121. The van der Waals surface area contributed by atoms with Crippen LogP contribution in [0.25, 0.3) is 0 Å². The molecule has 12 fully saturated rings. The van der Waals surface area contributed by atoms with Gasteiger partial charge in [-0.2, -0.15) is 0 Å². The lowest BCUT2D eigenvalue weighted by Gasteiger charge is -2.69. The normalized spacial score (nSPS) is 50.3. The molecule has 288 valence electrons. The second kappa shape index (κ2) is 12.4. The fourth-order valence-corrected chi connectivity index (χ4v) is 17.4. The molecule has 0 radical (unpaired) electrons. The van der Waals surface area contributed by atoms with Gasteiger partial charge in [-0.1, -0.05) is 19.6 Å². The van der Waals surface area contributed by atoms with Gasteiger partial charge < -0.3 is 18.9 Å². The maximum atomic E-state index is 13.7. The smallest absolute Gasteiger partial charge is 0.344 e. The SMILES string of the molecule is C=CC(=O)OCC(=O)OC1(C2CC3CC2CC3C23CC4CC(C2)C(OC(=O)COC(=O)C(=C)C)(C2CC5CCC2C5)C(C4)C3)C2CC3CC(C2)CC1C3. The third-order valence-electron chi connectivity index (χ3n) is 18.2. The summed E-state index contributed by atoms with van der Waals surface area (Å²) >= 11 is 0. The Balaban J connectivity index is 0.901. The number of carbonyl (C=O) groups excluding carboxylic acids is 4. The Morgan fingerprint density at radius 3 is 1.70 bits per heavy atom. The summed E-state index contributed by atoms with van der Waals surface area (Å²) in [6.45, 7) is 8.12. The average molecular weight is 729 g/mol. The highest BCUT2D eigenvalue weighted by atomic mass is 16.6. The van der Waals surface area contributed by atoms with Gasteiger partial charge in [-0.05, 0) is 174 Å². The van der Waals surface area contributed by atoms with Gasteiger partial charge in [0.25, 0.3) is 0 Å². The van der Waals surface area contributed by atoms with Gasteiger partial charge in [-0.3, -0.25) is 0 Å². The minimum absolute atomic E-state index is 0.298. The lowest BCUT2D eigenvalue weighted by molar-refractivity contribution is -0.264. The topological polar surface area (TPSA) is 105 Å². The number of rotatable bonds is 11. The van der Waals surface area contributed by atoms with Crippen LogP contribution < -0.4 is 0 Å². The summed E-state index contributed by atoms with van der Waals surface area (Å²) in [6, 6.07) is 0. The summed E-state index contributed by atoms with van der Waals surface area (Å²) in [7, 11) is 0. The van der Waals surface area contributed by atoms with E-state index in [1.807, 2.05) is 0 Å². The molecule has 0 aromatic carbocycles. The predicted molar refractivity (Wildman–Crippen MR) is 194 cm³/mol. The van der Waals surface area contributed by atoms with E-state index in [1.165, 1.54) is 77.0 Å². The zero-order valence-corrected chi connectivity index (χ0v) is 31.8. The third-order valence-corrected chi connectivity index (χ3v) is 18.2. The first-order valence-corrected chi connectivity index (χ1v) is 21.5. The van der Waals surface area contributed by atoms with Gasteiger partial charge in [-0.15, -0.1) is 0 Å². The van der Waals surface area contributed by atoms with Gasteiger partial charge in [-0.25, -0.2) is 19.2 Å². The molecule has 0 heterocycles. The molecule has 12 saturated carbocycles. The van der Waals surface area contributed by atoms with E-state index < -0.39 is 23.1 Å². The van der Waals surface area contributed by atoms with Crippen LogP contribution in [0.4, 0.5) is 0 Å². The van der Waals surface area contributed by atoms with Gasteiger partial charge in [0.1, 0.15) is 11.2 Å². The average Bonchev–Trinajstić information content (AvgIpc) is 3.95. The Morgan fingerprint density at radius 1 is 0.585 bits per heavy atom. The fraction of sp³-hybridized carbons (Fsp3) is 0.822. The molecule has 0 saturated heterocycles. The van der Waals surface area contributed by atoms with Crippen LogP contribution in [0.2, 0.25) is 0 Å². The van der Waals surface area contributed by atoms with E-state index in [0.717, 1.165) is 55.9 Å². The first-order valence-electron chi connectivity index (χ1n) is 21.5. The summed E-state index contributed by atoms with van der Waals surface area (Å²) in [4.78, 5) is 51.3. The molecular weight excluding hydrogens is 668 g/mol. The summed E-state index contributed by atoms with van der Waals surface area (Å²) in [5, 5.41) is 0. The highest BCUT2D eigenvalue weighted by Gasteiger charge is 2.73. The van der Waals surface area contributed by atoms with Gasteiger partial charge in [0.05, 0.1) is 0 Å². The van der Waals surface area contributed by atoms with E-state index in [-0.39, 0.29) is 25.2 Å². The van der Waals surface area contributed by atoms with E-state index >= 15 is 0 Å². The maximum absolute atomic E-state index is 13.7. The van der Waals surface area contributed by atoms with Crippen LogP contribution in [0.3, 0.4) is 0 Å². The Morgan fingerprint density at radius 2 is 1.15 bits per heavy atom. The Bertz CT molecular complexity index is 1550. The predicted octanol–water partition coefficient (Wildman–Crippen LogP) is 7.78. The number of carbonyl (C=O) groups is 4. The van der Waals surface area contributed by atoms with Crippen molar-refractivity contribution in [2.24, 2.45) is 88.3 Å². The lowest BCUT2D eigenvalue weighted by Crippen LogP contribution is -2.68. The Hall–Kier alpha value is -2.64. The van der Waals surface area contributed by atoms with Crippen molar-refractivity contribution in [3.05, 3.63) is 24.8 Å². The molecule has 12 rings (SSSR count). The highest BCUT2D eigenvalue weighted by Crippen LogP contribution is 2.76. The van der Waals surface area contributed by atoms with E-state index in [4.69, 9.17) is 18.9 Å². The van der Waals surface area contributed by atoms with Crippen LogP contribution in [0.5, 0.6) is 0 Å². The van der Waals surface area contributed by atoms with Gasteiger partial charge in [0, 0.05) is 35.3 Å². The first-order chi connectivity index (χ1) is 25.5. The molecular formula is C45H60O8. The molecule has 9 atom stereocenters. The zero-order valence-electron chi connectivity index (χ0n) is 31.8. The summed E-state index contributed by atoms with van der Waals surface area (Å²) < 4.78 is 24.2. The summed E-state index contributed by atoms with van der Waals surface area (Å²) in [5.41, 5.74) is -0.254. The van der Waals surface area contributed by atoms with Crippen LogP contribution in [-0.4, -0.2) is 48.3 Å². The van der Waals surface area contributed by atoms with E-state index in [9.17, 15) is 19.2 Å². The Kier molecular flexibility index (Phi) is 8.17. The van der Waals surface area contributed by atoms with Crippen molar-refractivity contribution in [2.45, 2.75) is 127 Å². The molecule has 0 aromatic heterocycles. The van der Waals surface area contributed by atoms with Crippen molar-refractivity contribution in [3.63, 3.8) is 0 Å². The third kappa shape index (κ3) is 5.24. The van der Waals surface area contributed by atoms with E-state index in [2.05, 4.69) is 13.2 Å². The monoisotopic (exact) mass is 728 g/mol. The molecule has 12 aliphatic carbocycles. The van der Waals surface area contributed by atoms with Crippen molar-refractivity contribution in [3.8, 4) is 0 Å². The molecule has 12 bridgehead atoms. The number of fused-ring (bicyclic) bond motifs is 4. The number of esters is 4. The van der Waals surface area contributed by atoms with Crippen molar-refractivity contribution in [1.82, 2.24) is 0 Å². The molecule has 8 nitrogen and oxygen atoms in total. The molecule has 0 aromatic rings. The molecule has 0 N–H and O–H groups in total. The van der Waals surface area contributed by atoms with Crippen molar-refractivity contribution in [2.75, 3.05) is 13.2 Å². The Labute approximate surface area is 314 Å². The van der Waals surface area contributed by atoms with E-state index in [1.54, 1.807) is 6.92 Å². The van der Waals surface area contributed by atoms with Crippen LogP contribution >= 0.6 is 0 Å². The van der Waals surface area contributed by atoms with Crippen molar-refractivity contribution >= 4 is 23.9 Å².